The zero-order valence-electron chi connectivity index (χ0n) is 16.1. The van der Waals surface area contributed by atoms with Gasteiger partial charge in [-0.1, -0.05) is 30.3 Å². The van der Waals surface area contributed by atoms with E-state index in [-0.39, 0.29) is 42.2 Å². The predicted molar refractivity (Wildman–Crippen MR) is 114 cm³/mol. The molecular weight excluding hydrogens is 385 g/mol. The van der Waals surface area contributed by atoms with Gasteiger partial charge in [0.2, 0.25) is 5.91 Å². The van der Waals surface area contributed by atoms with Crippen LogP contribution < -0.4 is 10.6 Å². The minimum absolute atomic E-state index is 0. The quantitative estimate of drug-likeness (QED) is 0.715. The van der Waals surface area contributed by atoms with E-state index in [0.717, 1.165) is 39.0 Å². The molecule has 1 aromatic rings. The minimum atomic E-state index is -0.383. The van der Waals surface area contributed by atoms with Crippen LogP contribution in [0.1, 0.15) is 37.3 Å². The molecule has 1 unspecified atom stereocenters. The van der Waals surface area contributed by atoms with Crippen LogP contribution in [-0.4, -0.2) is 57.2 Å². The van der Waals surface area contributed by atoms with Gasteiger partial charge in [0.15, 0.2) is 0 Å². The van der Waals surface area contributed by atoms with E-state index in [2.05, 4.69) is 39.8 Å². The van der Waals surface area contributed by atoms with Crippen molar-refractivity contribution in [1.82, 2.24) is 15.5 Å². The van der Waals surface area contributed by atoms with E-state index in [1.165, 1.54) is 18.4 Å². The van der Waals surface area contributed by atoms with Gasteiger partial charge in [0, 0.05) is 13.7 Å². The lowest BCUT2D eigenvalue weighted by atomic mass is 9.78. The topological polar surface area (TPSA) is 53.6 Å². The Hall–Kier alpha value is -0.850. The van der Waals surface area contributed by atoms with Crippen molar-refractivity contribution in [3.8, 4) is 0 Å². The molecule has 154 valence electrons. The Labute approximate surface area is 175 Å². The molecule has 1 aromatic carbocycles. The molecule has 7 heteroatoms. The van der Waals surface area contributed by atoms with Gasteiger partial charge in [-0.25, -0.2) is 0 Å². The summed E-state index contributed by atoms with van der Waals surface area (Å²) in [6, 6.07) is 10.8. The maximum Gasteiger partial charge on any atom is 0.228 e. The van der Waals surface area contributed by atoms with E-state index in [4.69, 9.17) is 4.74 Å². The predicted octanol–water partition coefficient (Wildman–Crippen LogP) is 2.80. The fraction of sp³-hybridized carbons (Fsp3) is 0.650. The summed E-state index contributed by atoms with van der Waals surface area (Å²) in [5, 5.41) is 6.61. The van der Waals surface area contributed by atoms with E-state index >= 15 is 0 Å². The first-order chi connectivity index (χ1) is 12.2. The average Bonchev–Trinajstić information content (AvgIpc) is 3.18. The van der Waals surface area contributed by atoms with Crippen molar-refractivity contribution in [2.45, 2.75) is 31.7 Å². The van der Waals surface area contributed by atoms with Crippen molar-refractivity contribution in [3.05, 3.63) is 35.9 Å². The van der Waals surface area contributed by atoms with Crippen LogP contribution in [0.15, 0.2) is 30.3 Å². The van der Waals surface area contributed by atoms with Gasteiger partial charge in [0.1, 0.15) is 0 Å². The van der Waals surface area contributed by atoms with Crippen molar-refractivity contribution in [2.24, 2.45) is 5.41 Å². The molecule has 0 saturated carbocycles. The van der Waals surface area contributed by atoms with E-state index in [1.54, 1.807) is 7.11 Å². The fourth-order valence-electron chi connectivity index (χ4n) is 4.18. The first-order valence-electron chi connectivity index (χ1n) is 9.52. The molecule has 0 radical (unpaired) electrons. The highest BCUT2D eigenvalue weighted by Gasteiger charge is 2.40. The number of halogens is 2. The highest BCUT2D eigenvalue weighted by atomic mass is 35.5. The van der Waals surface area contributed by atoms with E-state index in [0.29, 0.717) is 13.2 Å². The highest BCUT2D eigenvalue weighted by molar-refractivity contribution is 5.85. The van der Waals surface area contributed by atoms with Crippen molar-refractivity contribution >= 4 is 30.7 Å². The number of hydrogen-bond acceptors (Lipinski definition) is 4. The zero-order chi connectivity index (χ0) is 17.5. The van der Waals surface area contributed by atoms with Crippen LogP contribution in [-0.2, 0) is 9.53 Å². The molecule has 27 heavy (non-hydrogen) atoms. The van der Waals surface area contributed by atoms with Crippen molar-refractivity contribution in [2.75, 3.05) is 46.4 Å². The number of carbonyl (C=O) groups is 1. The van der Waals surface area contributed by atoms with Crippen LogP contribution in [0.25, 0.3) is 0 Å². The SMILES string of the molecule is COCC1(C(=O)NCC(c2ccccc2)N2CCCC2)CCNCC1.Cl.Cl. The molecule has 0 aromatic heterocycles. The van der Waals surface area contributed by atoms with Crippen LogP contribution in [0.4, 0.5) is 0 Å². The summed E-state index contributed by atoms with van der Waals surface area (Å²) < 4.78 is 5.40. The van der Waals surface area contributed by atoms with Gasteiger partial charge in [0.25, 0.3) is 0 Å². The number of ether oxygens (including phenoxy) is 1. The number of nitrogens with zero attached hydrogens (tertiary/aromatic N) is 1. The summed E-state index contributed by atoms with van der Waals surface area (Å²) in [5.41, 5.74) is 0.905. The number of rotatable bonds is 7. The third-order valence-electron chi connectivity index (χ3n) is 5.68. The van der Waals surface area contributed by atoms with E-state index in [9.17, 15) is 4.79 Å². The smallest absolute Gasteiger partial charge is 0.228 e. The summed E-state index contributed by atoms with van der Waals surface area (Å²) in [4.78, 5) is 15.5. The van der Waals surface area contributed by atoms with Gasteiger partial charge < -0.3 is 15.4 Å². The fourth-order valence-corrected chi connectivity index (χ4v) is 4.18. The van der Waals surface area contributed by atoms with Gasteiger partial charge in [-0.05, 0) is 57.4 Å². The van der Waals surface area contributed by atoms with Gasteiger partial charge in [0.05, 0.1) is 18.1 Å². The van der Waals surface area contributed by atoms with Gasteiger partial charge in [-0.15, -0.1) is 24.8 Å². The Morgan fingerprint density at radius 1 is 1.19 bits per heavy atom. The Bertz CT molecular complexity index is 542. The van der Waals surface area contributed by atoms with Crippen LogP contribution in [0.3, 0.4) is 0 Å². The molecule has 2 fully saturated rings. The Kier molecular flexibility index (Phi) is 10.6. The molecule has 0 spiro atoms. The standard InChI is InChI=1S/C20H31N3O2.2ClH/c1-25-16-20(9-11-21-12-10-20)19(24)22-15-18(23-13-5-6-14-23)17-7-3-2-4-8-17;;/h2-4,7-8,18,21H,5-6,9-16H2,1H3,(H,22,24);2*1H. The lowest BCUT2D eigenvalue weighted by Crippen LogP contribution is -2.51. The largest absolute Gasteiger partial charge is 0.384 e. The van der Waals surface area contributed by atoms with Crippen molar-refractivity contribution in [3.63, 3.8) is 0 Å². The summed E-state index contributed by atoms with van der Waals surface area (Å²) in [7, 11) is 1.69. The second-order valence-electron chi connectivity index (χ2n) is 7.34. The van der Waals surface area contributed by atoms with Crippen molar-refractivity contribution < 1.29 is 9.53 Å². The molecule has 2 aliphatic rings. The molecule has 2 saturated heterocycles. The Morgan fingerprint density at radius 3 is 2.41 bits per heavy atom. The number of amides is 1. The second-order valence-corrected chi connectivity index (χ2v) is 7.34. The summed E-state index contributed by atoms with van der Waals surface area (Å²) in [6.07, 6.45) is 4.17. The Morgan fingerprint density at radius 2 is 1.81 bits per heavy atom. The number of carbonyl (C=O) groups excluding carboxylic acids is 1. The molecule has 1 amide bonds. The van der Waals surface area contributed by atoms with E-state index < -0.39 is 0 Å². The number of benzene rings is 1. The maximum atomic E-state index is 13.0. The van der Waals surface area contributed by atoms with Crippen LogP contribution in [0.2, 0.25) is 0 Å². The highest BCUT2D eigenvalue weighted by Crippen LogP contribution is 2.30. The molecule has 2 heterocycles. The molecule has 2 aliphatic heterocycles. The monoisotopic (exact) mass is 417 g/mol. The normalized spacial score (nSPS) is 20.2. The summed E-state index contributed by atoms with van der Waals surface area (Å²) in [6.45, 7) is 5.16. The third-order valence-corrected chi connectivity index (χ3v) is 5.68. The van der Waals surface area contributed by atoms with Crippen LogP contribution >= 0.6 is 24.8 Å². The molecule has 3 rings (SSSR count). The molecule has 5 nitrogen and oxygen atoms in total. The summed E-state index contributed by atoms with van der Waals surface area (Å²) in [5.74, 6) is 0.149. The lowest BCUT2D eigenvalue weighted by Gasteiger charge is -2.36. The van der Waals surface area contributed by atoms with Gasteiger partial charge in [-0.2, -0.15) is 0 Å². The number of hydrogen-bond donors (Lipinski definition) is 2. The Balaban J connectivity index is 0.00000182. The average molecular weight is 418 g/mol. The first kappa shape index (κ1) is 24.2. The van der Waals surface area contributed by atoms with Gasteiger partial charge >= 0.3 is 0 Å². The number of methoxy groups -OCH3 is 1. The maximum absolute atomic E-state index is 13.0. The van der Waals surface area contributed by atoms with Crippen LogP contribution in [0, 0.1) is 5.41 Å². The number of nitrogens with one attached hydrogen (secondary N) is 2. The molecule has 1 atom stereocenters. The molecule has 0 bridgehead atoms. The number of piperidine rings is 1. The molecule has 0 aliphatic carbocycles. The van der Waals surface area contributed by atoms with Gasteiger partial charge in [-0.3, -0.25) is 9.69 Å². The molecular formula is C20H33Cl2N3O2. The van der Waals surface area contributed by atoms with E-state index in [1.807, 2.05) is 6.07 Å². The zero-order valence-corrected chi connectivity index (χ0v) is 17.7. The lowest BCUT2D eigenvalue weighted by molar-refractivity contribution is -0.136. The third kappa shape index (κ3) is 6.06. The van der Waals surface area contributed by atoms with Crippen molar-refractivity contribution in [1.29, 1.82) is 0 Å². The number of likely N-dealkylation sites (tertiary alicyclic amines) is 1. The van der Waals surface area contributed by atoms with Crippen LogP contribution in [0.5, 0.6) is 0 Å². The second kappa shape index (κ2) is 11.9. The first-order valence-corrected chi connectivity index (χ1v) is 9.52. The molecule has 2 N–H and O–H groups in total. The summed E-state index contributed by atoms with van der Waals surface area (Å²) >= 11 is 0. The minimum Gasteiger partial charge on any atom is -0.384 e.